The SMILES string of the molecule is Cc1ccccc1[Se](=O)(=O)O. The van der Waals surface area contributed by atoms with Crippen molar-refractivity contribution in [3.63, 3.8) is 0 Å². The third kappa shape index (κ3) is 1.87. The first-order valence-electron chi connectivity index (χ1n) is 3.05. The van der Waals surface area contributed by atoms with Crippen molar-refractivity contribution in [3.8, 4) is 0 Å². The third-order valence-corrected chi connectivity index (χ3v) is 3.50. The molecule has 0 heterocycles. The molecular formula is C7H8O3Se. The van der Waals surface area contributed by atoms with Crippen LogP contribution in [-0.4, -0.2) is 17.2 Å². The number of aryl methyl sites for hydroxylation is 1. The first-order chi connectivity index (χ1) is 5.02. The maximum atomic E-state index is 10.7. The van der Waals surface area contributed by atoms with Gasteiger partial charge in [0, 0.05) is 0 Å². The molecule has 1 aromatic carbocycles. The summed E-state index contributed by atoms with van der Waals surface area (Å²) in [5, 5.41) is 0. The molecule has 0 aliphatic carbocycles. The van der Waals surface area contributed by atoms with Crippen LogP contribution in [0.3, 0.4) is 0 Å². The minimum atomic E-state index is -4.75. The molecule has 11 heavy (non-hydrogen) atoms. The Morgan fingerprint density at radius 1 is 1.27 bits per heavy atom. The van der Waals surface area contributed by atoms with Crippen LogP contribution in [0.5, 0.6) is 0 Å². The second kappa shape index (κ2) is 2.74. The van der Waals surface area contributed by atoms with Crippen molar-refractivity contribution >= 4 is 17.5 Å². The molecule has 0 saturated carbocycles. The molecule has 4 heteroatoms. The van der Waals surface area contributed by atoms with Gasteiger partial charge < -0.3 is 0 Å². The zero-order valence-electron chi connectivity index (χ0n) is 5.98. The maximum absolute atomic E-state index is 10.7. The van der Waals surface area contributed by atoms with E-state index >= 15 is 0 Å². The standard InChI is InChI=1S/C7H8O3Se/c1-6-4-2-3-5-7(6)11(8,9)10/h2-5H,1H3,(H,8,9,10). The van der Waals surface area contributed by atoms with Gasteiger partial charge in [-0.2, -0.15) is 0 Å². The van der Waals surface area contributed by atoms with Gasteiger partial charge in [-0.1, -0.05) is 0 Å². The molecule has 0 aliphatic heterocycles. The Morgan fingerprint density at radius 3 is 2.18 bits per heavy atom. The van der Waals surface area contributed by atoms with Gasteiger partial charge in [0.2, 0.25) is 0 Å². The van der Waals surface area contributed by atoms with Gasteiger partial charge in [0.1, 0.15) is 0 Å². The first kappa shape index (κ1) is 8.40. The normalized spacial score (nSPS) is 11.5. The fourth-order valence-electron chi connectivity index (χ4n) is 0.846. The number of hydrogen-bond donors (Lipinski definition) is 1. The third-order valence-electron chi connectivity index (χ3n) is 1.37. The molecule has 0 atom stereocenters. The van der Waals surface area contributed by atoms with Gasteiger partial charge >= 0.3 is 66.1 Å². The average Bonchev–Trinajstić information content (AvgIpc) is 1.86. The van der Waals surface area contributed by atoms with Crippen LogP contribution in [0.25, 0.3) is 0 Å². The average molecular weight is 219 g/mol. The van der Waals surface area contributed by atoms with Crippen LogP contribution in [0.15, 0.2) is 24.3 Å². The Balaban J connectivity index is 3.37. The van der Waals surface area contributed by atoms with Crippen LogP contribution in [0, 0.1) is 6.92 Å². The summed E-state index contributed by atoms with van der Waals surface area (Å²) in [7, 11) is 0. The van der Waals surface area contributed by atoms with E-state index in [0.29, 0.717) is 5.56 Å². The summed E-state index contributed by atoms with van der Waals surface area (Å²) in [6.07, 6.45) is 0. The second-order valence-corrected chi connectivity index (χ2v) is 5.16. The van der Waals surface area contributed by atoms with Crippen LogP contribution in [0.2, 0.25) is 0 Å². The summed E-state index contributed by atoms with van der Waals surface area (Å²) in [6.45, 7) is 1.65. The van der Waals surface area contributed by atoms with Gasteiger partial charge in [-0.25, -0.2) is 0 Å². The Kier molecular flexibility index (Phi) is 2.09. The Bertz CT molecular complexity index is 354. The zero-order valence-corrected chi connectivity index (χ0v) is 7.69. The van der Waals surface area contributed by atoms with Gasteiger partial charge in [0.25, 0.3) is 0 Å². The second-order valence-electron chi connectivity index (χ2n) is 2.24. The molecule has 1 rings (SSSR count). The summed E-state index contributed by atoms with van der Waals surface area (Å²) in [6, 6.07) is 6.35. The van der Waals surface area contributed by atoms with Crippen LogP contribution in [0.4, 0.5) is 0 Å². The molecule has 0 spiro atoms. The van der Waals surface area contributed by atoms with Gasteiger partial charge in [-0.3, -0.25) is 0 Å². The number of benzene rings is 1. The van der Waals surface area contributed by atoms with E-state index in [1.807, 2.05) is 0 Å². The van der Waals surface area contributed by atoms with Crippen molar-refractivity contribution in [1.82, 2.24) is 0 Å². The molecular weight excluding hydrogens is 211 g/mol. The first-order valence-corrected chi connectivity index (χ1v) is 6.07. The summed E-state index contributed by atoms with van der Waals surface area (Å²) >= 11 is -4.75. The van der Waals surface area contributed by atoms with Crippen molar-refractivity contribution in [3.05, 3.63) is 29.8 Å². The minimum absolute atomic E-state index is 0.0451. The molecule has 3 nitrogen and oxygen atoms in total. The van der Waals surface area contributed by atoms with Crippen LogP contribution in [0.1, 0.15) is 5.56 Å². The molecule has 0 aliphatic rings. The van der Waals surface area contributed by atoms with E-state index in [1.54, 1.807) is 25.1 Å². The van der Waals surface area contributed by atoms with Gasteiger partial charge in [-0.05, 0) is 0 Å². The fraction of sp³-hybridized carbons (Fsp3) is 0.143. The van der Waals surface area contributed by atoms with E-state index in [4.69, 9.17) is 4.19 Å². The van der Waals surface area contributed by atoms with Gasteiger partial charge in [-0.15, -0.1) is 0 Å². The summed E-state index contributed by atoms with van der Waals surface area (Å²) < 4.78 is 30.1. The van der Waals surface area contributed by atoms with E-state index in [0.717, 1.165) is 0 Å². The van der Waals surface area contributed by atoms with E-state index in [1.165, 1.54) is 6.07 Å². The molecule has 0 radical (unpaired) electrons. The van der Waals surface area contributed by atoms with E-state index in [9.17, 15) is 7.67 Å². The predicted octanol–water partition coefficient (Wildman–Crippen LogP) is -0.00578. The molecule has 1 aromatic rings. The molecule has 0 fully saturated rings. The fourth-order valence-corrected chi connectivity index (χ4v) is 2.37. The van der Waals surface area contributed by atoms with Crippen molar-refractivity contribution in [1.29, 1.82) is 0 Å². The van der Waals surface area contributed by atoms with Crippen molar-refractivity contribution in [2.45, 2.75) is 6.92 Å². The Morgan fingerprint density at radius 2 is 1.82 bits per heavy atom. The van der Waals surface area contributed by atoms with Crippen molar-refractivity contribution in [2.24, 2.45) is 0 Å². The Labute approximate surface area is 66.6 Å². The quantitative estimate of drug-likeness (QED) is 0.676. The van der Waals surface area contributed by atoms with Gasteiger partial charge in [0.15, 0.2) is 0 Å². The summed E-state index contributed by atoms with van der Waals surface area (Å²) in [4.78, 5) is 0. The summed E-state index contributed by atoms with van der Waals surface area (Å²) in [5.74, 6) is 0. The molecule has 1 N–H and O–H groups in total. The predicted molar refractivity (Wildman–Crippen MR) is 40.2 cm³/mol. The van der Waals surface area contributed by atoms with Crippen molar-refractivity contribution < 1.29 is 11.9 Å². The van der Waals surface area contributed by atoms with E-state index < -0.39 is 13.0 Å². The molecule has 0 amide bonds. The van der Waals surface area contributed by atoms with Crippen molar-refractivity contribution in [2.75, 3.05) is 0 Å². The number of rotatable bonds is 1. The van der Waals surface area contributed by atoms with E-state index in [2.05, 4.69) is 0 Å². The van der Waals surface area contributed by atoms with Crippen LogP contribution in [-0.2, 0) is 7.67 Å². The molecule has 60 valence electrons. The molecule has 0 aromatic heterocycles. The van der Waals surface area contributed by atoms with Crippen LogP contribution >= 0.6 is 0 Å². The van der Waals surface area contributed by atoms with E-state index in [-0.39, 0.29) is 4.46 Å². The summed E-state index contributed by atoms with van der Waals surface area (Å²) in [5.41, 5.74) is 0.583. The number of hydrogen-bond acceptors (Lipinski definition) is 2. The molecule has 0 bridgehead atoms. The Hall–Kier alpha value is -0.701. The van der Waals surface area contributed by atoms with Crippen LogP contribution < -0.4 is 4.46 Å². The topological polar surface area (TPSA) is 54.4 Å². The molecule has 0 saturated heterocycles. The zero-order chi connectivity index (χ0) is 8.48. The molecule has 0 unspecified atom stereocenters. The monoisotopic (exact) mass is 220 g/mol. The van der Waals surface area contributed by atoms with Gasteiger partial charge in [0.05, 0.1) is 0 Å².